The largest absolute Gasteiger partial charge is 0.377 e. The molecule has 3 aliphatic rings. The molecular weight excluding hydrogens is 226 g/mol. The maximum absolute atomic E-state index is 11.6. The highest BCUT2D eigenvalue weighted by atomic mass is 16.1. The normalized spacial score (nSPS) is 36.8. The van der Waals surface area contributed by atoms with Crippen LogP contribution in [0.15, 0.2) is 17.1 Å². The highest BCUT2D eigenvalue weighted by molar-refractivity contribution is 5.40. The third-order valence-corrected chi connectivity index (χ3v) is 5.42. The van der Waals surface area contributed by atoms with E-state index in [0.717, 1.165) is 11.8 Å². The Bertz CT molecular complexity index is 508. The average Bonchev–Trinajstić information content (AvgIpc) is 2.33. The molecule has 0 saturated heterocycles. The van der Waals surface area contributed by atoms with Crippen LogP contribution in [0.25, 0.3) is 0 Å². The van der Waals surface area contributed by atoms with Gasteiger partial charge in [0.1, 0.15) is 5.69 Å². The lowest BCUT2D eigenvalue weighted by molar-refractivity contribution is -0.105. The number of nitrogens with one attached hydrogen (secondary N) is 2. The maximum atomic E-state index is 11.6. The maximum Gasteiger partial charge on any atom is 0.287 e. The Morgan fingerprint density at radius 2 is 2.22 bits per heavy atom. The molecule has 0 amide bonds. The summed E-state index contributed by atoms with van der Waals surface area (Å²) in [6.07, 6.45) is 4.16. The molecule has 0 aliphatic heterocycles. The van der Waals surface area contributed by atoms with Crippen molar-refractivity contribution in [2.24, 2.45) is 23.2 Å². The fourth-order valence-corrected chi connectivity index (χ4v) is 4.00. The second-order valence-electron chi connectivity index (χ2n) is 6.51. The van der Waals surface area contributed by atoms with Gasteiger partial charge in [-0.1, -0.05) is 20.8 Å². The van der Waals surface area contributed by atoms with Crippen molar-refractivity contribution in [3.05, 3.63) is 22.6 Å². The van der Waals surface area contributed by atoms with Crippen LogP contribution in [-0.2, 0) is 0 Å². The quantitative estimate of drug-likeness (QED) is 0.842. The van der Waals surface area contributed by atoms with Crippen LogP contribution in [-0.4, -0.2) is 16.2 Å². The standard InChI is InChI=1S/C14H21N3O/c1-8-10-6-9(14(10,2)3)7-12(8)16-11-4-5-15-17-13(11)18/h4-5,8-10,12H,6-7H2,1-3H3,(H,15,16)(H,17,18)/t8-,9+,10-,12-/m1/s1. The van der Waals surface area contributed by atoms with Crippen LogP contribution in [0, 0.1) is 23.2 Å². The molecular formula is C14H21N3O. The van der Waals surface area contributed by atoms with E-state index >= 15 is 0 Å². The Labute approximate surface area is 107 Å². The summed E-state index contributed by atoms with van der Waals surface area (Å²) in [6, 6.07) is 2.18. The second kappa shape index (κ2) is 3.84. The van der Waals surface area contributed by atoms with E-state index in [4.69, 9.17) is 0 Å². The first-order valence-corrected chi connectivity index (χ1v) is 6.80. The minimum Gasteiger partial charge on any atom is -0.377 e. The van der Waals surface area contributed by atoms with Gasteiger partial charge in [-0.25, -0.2) is 5.10 Å². The van der Waals surface area contributed by atoms with Gasteiger partial charge < -0.3 is 5.32 Å². The monoisotopic (exact) mass is 247 g/mol. The topological polar surface area (TPSA) is 57.8 Å². The molecule has 3 saturated carbocycles. The van der Waals surface area contributed by atoms with Crippen molar-refractivity contribution in [3.63, 3.8) is 0 Å². The van der Waals surface area contributed by atoms with Crippen molar-refractivity contribution in [3.8, 4) is 0 Å². The van der Waals surface area contributed by atoms with E-state index in [-0.39, 0.29) is 5.56 Å². The summed E-state index contributed by atoms with van der Waals surface area (Å²) in [5, 5.41) is 9.62. The lowest BCUT2D eigenvalue weighted by Crippen LogP contribution is -2.58. The van der Waals surface area contributed by atoms with Crippen LogP contribution in [0.4, 0.5) is 5.69 Å². The molecule has 0 unspecified atom stereocenters. The zero-order chi connectivity index (χ0) is 12.9. The molecule has 4 rings (SSSR count). The van der Waals surface area contributed by atoms with Gasteiger partial charge in [0.25, 0.3) is 5.56 Å². The first kappa shape index (κ1) is 11.8. The summed E-state index contributed by atoms with van der Waals surface area (Å²) in [7, 11) is 0. The van der Waals surface area contributed by atoms with Crippen molar-refractivity contribution >= 4 is 5.69 Å². The molecule has 0 spiro atoms. The SMILES string of the molecule is C[C@@H]1[C@H]2C[C@@H](C[C@H]1Nc1ccn[nH]c1=O)C2(C)C. The summed E-state index contributed by atoms with van der Waals surface area (Å²) in [6.45, 7) is 7.09. The molecule has 1 heterocycles. The minimum atomic E-state index is -0.122. The summed E-state index contributed by atoms with van der Waals surface area (Å²) in [5.41, 5.74) is 1.02. The van der Waals surface area contributed by atoms with Crippen molar-refractivity contribution in [1.82, 2.24) is 10.2 Å². The molecule has 4 heteroatoms. The minimum absolute atomic E-state index is 0.122. The number of hydrogen-bond acceptors (Lipinski definition) is 3. The van der Waals surface area contributed by atoms with Gasteiger partial charge in [0.15, 0.2) is 0 Å². The lowest BCUT2D eigenvalue weighted by atomic mass is 9.45. The fourth-order valence-electron chi connectivity index (χ4n) is 4.00. The molecule has 3 fully saturated rings. The van der Waals surface area contributed by atoms with E-state index in [1.54, 1.807) is 12.3 Å². The smallest absolute Gasteiger partial charge is 0.287 e. The summed E-state index contributed by atoms with van der Waals surface area (Å²) in [4.78, 5) is 11.6. The first-order valence-electron chi connectivity index (χ1n) is 6.80. The van der Waals surface area contributed by atoms with Gasteiger partial charge in [0.05, 0.1) is 0 Å². The van der Waals surface area contributed by atoms with Gasteiger partial charge in [0, 0.05) is 12.2 Å². The Balaban J connectivity index is 1.77. The predicted molar refractivity (Wildman–Crippen MR) is 71.4 cm³/mol. The summed E-state index contributed by atoms with van der Waals surface area (Å²) in [5.74, 6) is 2.21. The summed E-state index contributed by atoms with van der Waals surface area (Å²) < 4.78 is 0. The number of fused-ring (bicyclic) bond motifs is 2. The molecule has 1 aromatic heterocycles. The third-order valence-electron chi connectivity index (χ3n) is 5.42. The highest BCUT2D eigenvalue weighted by Crippen LogP contribution is 2.61. The van der Waals surface area contributed by atoms with Crippen LogP contribution in [0.1, 0.15) is 33.6 Å². The van der Waals surface area contributed by atoms with Crippen molar-refractivity contribution in [2.75, 3.05) is 5.32 Å². The van der Waals surface area contributed by atoms with Crippen LogP contribution >= 0.6 is 0 Å². The zero-order valence-electron chi connectivity index (χ0n) is 11.2. The molecule has 1 aromatic rings. The van der Waals surface area contributed by atoms with Crippen LogP contribution in [0.3, 0.4) is 0 Å². The third kappa shape index (κ3) is 1.58. The highest BCUT2D eigenvalue weighted by Gasteiger charge is 2.56. The van der Waals surface area contributed by atoms with E-state index in [9.17, 15) is 4.79 Å². The van der Waals surface area contributed by atoms with E-state index in [1.165, 1.54) is 12.8 Å². The Morgan fingerprint density at radius 3 is 2.83 bits per heavy atom. The molecule has 0 aromatic carbocycles. The van der Waals surface area contributed by atoms with Gasteiger partial charge in [-0.15, -0.1) is 0 Å². The van der Waals surface area contributed by atoms with Gasteiger partial charge in [-0.3, -0.25) is 4.79 Å². The Morgan fingerprint density at radius 1 is 1.44 bits per heavy atom. The van der Waals surface area contributed by atoms with Gasteiger partial charge in [-0.2, -0.15) is 5.10 Å². The van der Waals surface area contributed by atoms with Crippen molar-refractivity contribution in [2.45, 2.75) is 39.7 Å². The predicted octanol–water partition coefficient (Wildman–Crippen LogP) is 2.25. The van der Waals surface area contributed by atoms with Gasteiger partial charge >= 0.3 is 0 Å². The van der Waals surface area contributed by atoms with Crippen LogP contribution < -0.4 is 10.9 Å². The van der Waals surface area contributed by atoms with Gasteiger partial charge in [0.2, 0.25) is 0 Å². The van der Waals surface area contributed by atoms with E-state index in [2.05, 4.69) is 36.3 Å². The van der Waals surface area contributed by atoms with Crippen LogP contribution in [0.5, 0.6) is 0 Å². The molecule has 98 valence electrons. The van der Waals surface area contributed by atoms with Crippen molar-refractivity contribution in [1.29, 1.82) is 0 Å². The Kier molecular flexibility index (Phi) is 2.50. The molecule has 0 radical (unpaired) electrons. The summed E-state index contributed by atoms with van der Waals surface area (Å²) >= 11 is 0. The van der Waals surface area contributed by atoms with Gasteiger partial charge in [-0.05, 0) is 42.1 Å². The number of H-pyrrole nitrogens is 1. The molecule has 3 aliphatic carbocycles. The van der Waals surface area contributed by atoms with E-state index in [1.807, 2.05) is 0 Å². The molecule has 18 heavy (non-hydrogen) atoms. The molecule has 2 bridgehead atoms. The number of rotatable bonds is 2. The Hall–Kier alpha value is -1.32. The number of aromatic amines is 1. The van der Waals surface area contributed by atoms with Crippen LogP contribution in [0.2, 0.25) is 0 Å². The zero-order valence-corrected chi connectivity index (χ0v) is 11.2. The first-order chi connectivity index (χ1) is 8.50. The number of nitrogens with zero attached hydrogens (tertiary/aromatic N) is 1. The fraction of sp³-hybridized carbons (Fsp3) is 0.714. The molecule has 4 atom stereocenters. The van der Waals surface area contributed by atoms with E-state index < -0.39 is 0 Å². The molecule has 2 N–H and O–H groups in total. The van der Waals surface area contributed by atoms with E-state index in [0.29, 0.717) is 23.1 Å². The average molecular weight is 247 g/mol. The number of aromatic nitrogens is 2. The number of hydrogen-bond donors (Lipinski definition) is 2. The lowest BCUT2D eigenvalue weighted by Gasteiger charge is -2.62. The molecule has 4 nitrogen and oxygen atoms in total. The second-order valence-corrected chi connectivity index (χ2v) is 6.51. The number of anilines is 1. The van der Waals surface area contributed by atoms with Crippen molar-refractivity contribution < 1.29 is 0 Å².